The van der Waals surface area contributed by atoms with Gasteiger partial charge in [-0.25, -0.2) is 0 Å². The van der Waals surface area contributed by atoms with E-state index in [9.17, 15) is 0 Å². The van der Waals surface area contributed by atoms with Crippen molar-refractivity contribution >= 4 is 34.4 Å². The van der Waals surface area contributed by atoms with Gasteiger partial charge in [-0.3, -0.25) is 4.98 Å². The van der Waals surface area contributed by atoms with Crippen LogP contribution in [-0.2, 0) is 0 Å². The van der Waals surface area contributed by atoms with Gasteiger partial charge in [-0.05, 0) is 41.0 Å². The summed E-state index contributed by atoms with van der Waals surface area (Å²) in [7, 11) is 0. The lowest BCUT2D eigenvalue weighted by Gasteiger charge is -1.92. The average molecular weight is 251 g/mol. The lowest BCUT2D eigenvalue weighted by atomic mass is 10.5. The molecular formula is C6H6INS. The molecule has 0 unspecified atom stereocenters. The molecule has 0 N–H and O–H groups in total. The minimum absolute atomic E-state index is 1.06. The second-order valence-corrected chi connectivity index (χ2v) is 3.50. The molecule has 0 spiro atoms. The highest BCUT2D eigenvalue weighted by Crippen LogP contribution is 2.14. The predicted molar refractivity (Wildman–Crippen MR) is 48.7 cm³/mol. The zero-order valence-electron chi connectivity index (χ0n) is 4.97. The van der Waals surface area contributed by atoms with Gasteiger partial charge in [0.2, 0.25) is 0 Å². The highest BCUT2D eigenvalue weighted by Gasteiger charge is 1.88. The van der Waals surface area contributed by atoms with Crippen molar-refractivity contribution in [2.45, 2.75) is 4.90 Å². The molecule has 0 bridgehead atoms. The molecule has 0 amide bonds. The number of nitrogens with zero attached hydrogens (tertiary/aromatic N) is 1. The summed E-state index contributed by atoms with van der Waals surface area (Å²) in [4.78, 5) is 5.33. The summed E-state index contributed by atoms with van der Waals surface area (Å²) in [5.41, 5.74) is 0. The van der Waals surface area contributed by atoms with Crippen molar-refractivity contribution in [3.63, 3.8) is 0 Å². The standard InChI is InChI=1S/C6H6INS/c1-9-5-2-3-8-6(7)4-5/h2-4H,1H3. The Morgan fingerprint density at radius 3 is 2.89 bits per heavy atom. The van der Waals surface area contributed by atoms with Gasteiger partial charge >= 0.3 is 0 Å². The first kappa shape index (κ1) is 7.34. The third-order valence-electron chi connectivity index (χ3n) is 0.934. The quantitative estimate of drug-likeness (QED) is 0.432. The fourth-order valence-corrected chi connectivity index (χ4v) is 1.65. The number of pyridine rings is 1. The predicted octanol–water partition coefficient (Wildman–Crippen LogP) is 2.41. The summed E-state index contributed by atoms with van der Waals surface area (Å²) in [5, 5.41) is 0. The largest absolute Gasteiger partial charge is 0.250 e. The Bertz CT molecular complexity index is 202. The van der Waals surface area contributed by atoms with E-state index in [-0.39, 0.29) is 0 Å². The Balaban J connectivity index is 2.94. The van der Waals surface area contributed by atoms with Crippen LogP contribution in [0.25, 0.3) is 0 Å². The Kier molecular flexibility index (Phi) is 2.78. The molecule has 0 atom stereocenters. The minimum atomic E-state index is 1.06. The first-order chi connectivity index (χ1) is 4.33. The van der Waals surface area contributed by atoms with Crippen LogP contribution in [-0.4, -0.2) is 11.2 Å². The third-order valence-corrected chi connectivity index (χ3v) is 2.25. The Hall–Kier alpha value is 0.230. The molecule has 1 aromatic heterocycles. The molecule has 1 heterocycles. The van der Waals surface area contributed by atoms with Crippen molar-refractivity contribution in [1.82, 2.24) is 4.98 Å². The molecule has 3 heteroatoms. The summed E-state index contributed by atoms with van der Waals surface area (Å²) < 4.78 is 1.06. The van der Waals surface area contributed by atoms with E-state index >= 15 is 0 Å². The van der Waals surface area contributed by atoms with E-state index in [1.165, 1.54) is 4.90 Å². The maximum atomic E-state index is 4.06. The molecule has 1 nitrogen and oxygen atoms in total. The summed E-state index contributed by atoms with van der Waals surface area (Å²) in [6.07, 6.45) is 3.89. The molecule has 9 heavy (non-hydrogen) atoms. The van der Waals surface area contributed by atoms with Crippen LogP contribution in [0.15, 0.2) is 23.2 Å². The molecule has 0 aromatic carbocycles. The van der Waals surface area contributed by atoms with Gasteiger partial charge in [0.1, 0.15) is 3.70 Å². The Morgan fingerprint density at radius 1 is 1.67 bits per heavy atom. The second kappa shape index (κ2) is 3.41. The second-order valence-electron chi connectivity index (χ2n) is 1.52. The number of rotatable bonds is 1. The lowest BCUT2D eigenvalue weighted by Crippen LogP contribution is -1.77. The van der Waals surface area contributed by atoms with Crippen molar-refractivity contribution in [3.8, 4) is 0 Å². The molecule has 0 radical (unpaired) electrons. The summed E-state index contributed by atoms with van der Waals surface area (Å²) in [6.45, 7) is 0. The van der Waals surface area contributed by atoms with Crippen LogP contribution in [0.4, 0.5) is 0 Å². The summed E-state index contributed by atoms with van der Waals surface area (Å²) in [5.74, 6) is 0. The molecule has 0 aliphatic rings. The van der Waals surface area contributed by atoms with Gasteiger partial charge < -0.3 is 0 Å². The van der Waals surface area contributed by atoms with Crippen LogP contribution in [0.1, 0.15) is 0 Å². The zero-order chi connectivity index (χ0) is 6.69. The molecule has 1 aromatic rings. The third kappa shape index (κ3) is 2.14. The SMILES string of the molecule is CSc1ccnc(I)c1. The lowest BCUT2D eigenvalue weighted by molar-refractivity contribution is 1.22. The fourth-order valence-electron chi connectivity index (χ4n) is 0.512. The van der Waals surface area contributed by atoms with Crippen molar-refractivity contribution in [2.75, 3.05) is 6.26 Å². The van der Waals surface area contributed by atoms with Gasteiger partial charge in [-0.1, -0.05) is 0 Å². The van der Waals surface area contributed by atoms with Crippen molar-refractivity contribution in [2.24, 2.45) is 0 Å². The molecular weight excluding hydrogens is 245 g/mol. The fraction of sp³-hybridized carbons (Fsp3) is 0.167. The van der Waals surface area contributed by atoms with Gasteiger partial charge in [-0.15, -0.1) is 11.8 Å². The maximum absolute atomic E-state index is 4.06. The number of aromatic nitrogens is 1. The zero-order valence-corrected chi connectivity index (χ0v) is 7.94. The van der Waals surface area contributed by atoms with Gasteiger partial charge in [0.05, 0.1) is 0 Å². The van der Waals surface area contributed by atoms with Crippen molar-refractivity contribution < 1.29 is 0 Å². The molecule has 0 saturated heterocycles. The Morgan fingerprint density at radius 2 is 2.44 bits per heavy atom. The minimum Gasteiger partial charge on any atom is -0.250 e. The van der Waals surface area contributed by atoms with Crippen molar-refractivity contribution in [3.05, 3.63) is 22.0 Å². The van der Waals surface area contributed by atoms with Crippen LogP contribution in [0, 0.1) is 3.70 Å². The molecule has 1 rings (SSSR count). The van der Waals surface area contributed by atoms with Crippen LogP contribution in [0.2, 0.25) is 0 Å². The van der Waals surface area contributed by atoms with E-state index in [0.29, 0.717) is 0 Å². The first-order valence-electron chi connectivity index (χ1n) is 2.48. The van der Waals surface area contributed by atoms with E-state index < -0.39 is 0 Å². The highest BCUT2D eigenvalue weighted by molar-refractivity contribution is 14.1. The monoisotopic (exact) mass is 251 g/mol. The van der Waals surface area contributed by atoms with E-state index in [0.717, 1.165) is 3.70 Å². The van der Waals surface area contributed by atoms with E-state index in [2.05, 4.69) is 39.9 Å². The topological polar surface area (TPSA) is 12.9 Å². The van der Waals surface area contributed by atoms with Crippen LogP contribution in [0.5, 0.6) is 0 Å². The smallest absolute Gasteiger partial charge is 0.102 e. The van der Waals surface area contributed by atoms with Crippen LogP contribution < -0.4 is 0 Å². The number of thioether (sulfide) groups is 1. The van der Waals surface area contributed by atoms with E-state index in [1.807, 2.05) is 12.3 Å². The van der Waals surface area contributed by atoms with Gasteiger partial charge in [-0.2, -0.15) is 0 Å². The summed E-state index contributed by atoms with van der Waals surface area (Å²) in [6, 6.07) is 4.07. The molecule has 48 valence electrons. The van der Waals surface area contributed by atoms with E-state index in [4.69, 9.17) is 0 Å². The number of halogens is 1. The first-order valence-corrected chi connectivity index (χ1v) is 4.79. The molecule has 0 fully saturated rings. The summed E-state index contributed by atoms with van der Waals surface area (Å²) >= 11 is 3.94. The van der Waals surface area contributed by atoms with Gasteiger partial charge in [0.25, 0.3) is 0 Å². The molecule has 0 aliphatic carbocycles. The van der Waals surface area contributed by atoms with Gasteiger partial charge in [0.15, 0.2) is 0 Å². The number of hydrogen-bond donors (Lipinski definition) is 0. The molecule has 0 aliphatic heterocycles. The maximum Gasteiger partial charge on any atom is 0.102 e. The average Bonchev–Trinajstić information content (AvgIpc) is 1.88. The van der Waals surface area contributed by atoms with Crippen LogP contribution in [0.3, 0.4) is 0 Å². The molecule has 0 saturated carbocycles. The Labute approximate surface area is 72.4 Å². The van der Waals surface area contributed by atoms with Gasteiger partial charge in [0, 0.05) is 11.1 Å². The van der Waals surface area contributed by atoms with Crippen molar-refractivity contribution in [1.29, 1.82) is 0 Å². The van der Waals surface area contributed by atoms with E-state index in [1.54, 1.807) is 11.8 Å². The highest BCUT2D eigenvalue weighted by atomic mass is 127. The normalized spacial score (nSPS) is 9.56. The number of hydrogen-bond acceptors (Lipinski definition) is 2. The van der Waals surface area contributed by atoms with Crippen LogP contribution >= 0.6 is 34.4 Å².